The Morgan fingerprint density at radius 2 is 1.14 bits per heavy atom. The van der Waals surface area contributed by atoms with E-state index >= 15 is 0 Å². The van der Waals surface area contributed by atoms with Gasteiger partial charge in [-0.15, -0.1) is 0 Å². The van der Waals surface area contributed by atoms with Gasteiger partial charge in [0, 0.05) is 13.0 Å². The zero-order valence-electron chi connectivity index (χ0n) is 15.1. The smallest absolute Gasteiger partial charge is 0.219 e. The predicted molar refractivity (Wildman–Crippen MR) is 94.7 cm³/mol. The van der Waals surface area contributed by atoms with Gasteiger partial charge in [-0.2, -0.15) is 0 Å². The molecule has 0 saturated carbocycles. The van der Waals surface area contributed by atoms with Crippen molar-refractivity contribution in [2.45, 2.75) is 91.9 Å². The summed E-state index contributed by atoms with van der Waals surface area (Å²) in [6.07, 6.45) is 12.5. The van der Waals surface area contributed by atoms with E-state index in [1.165, 1.54) is 51.4 Å². The van der Waals surface area contributed by atoms with Crippen LogP contribution in [0, 0.1) is 0 Å². The molecule has 0 aromatic rings. The van der Waals surface area contributed by atoms with Crippen molar-refractivity contribution < 1.29 is 4.79 Å². The highest BCUT2D eigenvalue weighted by molar-refractivity contribution is 5.75. The first kappa shape index (κ1) is 22.7. The molecule has 21 heavy (non-hydrogen) atoms. The fourth-order valence-corrected chi connectivity index (χ4v) is 2.13. The lowest BCUT2D eigenvalue weighted by Crippen LogP contribution is -2.21. The van der Waals surface area contributed by atoms with Crippen LogP contribution in [-0.4, -0.2) is 25.5 Å². The van der Waals surface area contributed by atoms with E-state index < -0.39 is 0 Å². The first-order valence-corrected chi connectivity index (χ1v) is 9.20. The number of hydrogen-bond donors (Lipinski definition) is 2. The molecule has 0 unspecified atom stereocenters. The minimum Gasteiger partial charge on any atom is -0.356 e. The van der Waals surface area contributed by atoms with Crippen LogP contribution in [0.25, 0.3) is 0 Å². The summed E-state index contributed by atoms with van der Waals surface area (Å²) in [5, 5.41) is 5.94. The molecule has 0 atom stereocenters. The fourth-order valence-electron chi connectivity index (χ4n) is 2.13. The lowest BCUT2D eigenvalue weighted by atomic mass is 10.1. The molecule has 0 aliphatic carbocycles. The van der Waals surface area contributed by atoms with Gasteiger partial charge in [-0.1, -0.05) is 72.1 Å². The molecule has 0 aliphatic heterocycles. The first-order chi connectivity index (χ1) is 10.2. The SMILES string of the molecule is CCCCCCCCCCCC(=O)NCC.CCNCC. The number of carbonyl (C=O) groups is 1. The monoisotopic (exact) mass is 300 g/mol. The Labute approximate surface area is 133 Å². The minimum absolute atomic E-state index is 0.213. The molecule has 0 aliphatic rings. The quantitative estimate of drug-likeness (QED) is 0.486. The number of amides is 1. The Morgan fingerprint density at radius 3 is 1.52 bits per heavy atom. The van der Waals surface area contributed by atoms with Gasteiger partial charge in [0.1, 0.15) is 0 Å². The molecule has 0 saturated heterocycles. The first-order valence-electron chi connectivity index (χ1n) is 9.20. The Kier molecular flexibility index (Phi) is 23.5. The Bertz CT molecular complexity index is 194. The van der Waals surface area contributed by atoms with E-state index in [2.05, 4.69) is 31.4 Å². The highest BCUT2D eigenvalue weighted by atomic mass is 16.1. The third kappa shape index (κ3) is 24.8. The maximum Gasteiger partial charge on any atom is 0.219 e. The molecule has 1 amide bonds. The summed E-state index contributed by atoms with van der Waals surface area (Å²) in [4.78, 5) is 11.1. The molecule has 2 N–H and O–H groups in total. The van der Waals surface area contributed by atoms with Crippen LogP contribution < -0.4 is 10.6 Å². The molecule has 0 bridgehead atoms. The van der Waals surface area contributed by atoms with Crippen LogP contribution in [0.2, 0.25) is 0 Å². The van der Waals surface area contributed by atoms with Crippen LogP contribution in [0.1, 0.15) is 91.9 Å². The zero-order chi connectivity index (χ0) is 16.2. The number of carbonyl (C=O) groups excluding carboxylic acids is 1. The highest BCUT2D eigenvalue weighted by Crippen LogP contribution is 2.10. The van der Waals surface area contributed by atoms with Gasteiger partial charge in [-0.05, 0) is 26.4 Å². The largest absolute Gasteiger partial charge is 0.356 e. The Balaban J connectivity index is 0. The molecular formula is C18H40N2O. The molecule has 0 radical (unpaired) electrons. The standard InChI is InChI=1S/C14H29NO.C4H11N/c1-3-5-6-7-8-9-10-11-12-13-14(16)15-4-2;1-3-5-4-2/h3-13H2,1-2H3,(H,15,16);5H,3-4H2,1-2H3. The Morgan fingerprint density at radius 1 is 0.667 bits per heavy atom. The lowest BCUT2D eigenvalue weighted by Gasteiger charge is -2.02. The van der Waals surface area contributed by atoms with Crippen LogP contribution in [0.3, 0.4) is 0 Å². The number of unbranched alkanes of at least 4 members (excludes halogenated alkanes) is 8. The van der Waals surface area contributed by atoms with Crippen molar-refractivity contribution in [1.82, 2.24) is 10.6 Å². The van der Waals surface area contributed by atoms with Crippen LogP contribution in [0.15, 0.2) is 0 Å². The van der Waals surface area contributed by atoms with E-state index in [1.54, 1.807) is 0 Å². The average Bonchev–Trinajstić information content (AvgIpc) is 2.47. The second-order valence-electron chi connectivity index (χ2n) is 5.49. The summed E-state index contributed by atoms with van der Waals surface area (Å²) in [6, 6.07) is 0. The van der Waals surface area contributed by atoms with Crippen LogP contribution >= 0.6 is 0 Å². The van der Waals surface area contributed by atoms with Crippen LogP contribution in [0.5, 0.6) is 0 Å². The van der Waals surface area contributed by atoms with Crippen LogP contribution in [-0.2, 0) is 4.79 Å². The topological polar surface area (TPSA) is 41.1 Å². The van der Waals surface area contributed by atoms with Gasteiger partial charge >= 0.3 is 0 Å². The van der Waals surface area contributed by atoms with Crippen molar-refractivity contribution in [1.29, 1.82) is 0 Å². The second kappa shape index (κ2) is 21.7. The molecule has 0 aromatic heterocycles. The van der Waals surface area contributed by atoms with Gasteiger partial charge in [0.05, 0.1) is 0 Å². The molecule has 128 valence electrons. The number of hydrogen-bond acceptors (Lipinski definition) is 2. The summed E-state index contributed by atoms with van der Waals surface area (Å²) in [5.74, 6) is 0.213. The molecule has 0 fully saturated rings. The molecule has 3 heteroatoms. The van der Waals surface area contributed by atoms with Gasteiger partial charge in [0.2, 0.25) is 5.91 Å². The summed E-state index contributed by atoms with van der Waals surface area (Å²) in [5.41, 5.74) is 0. The zero-order valence-corrected chi connectivity index (χ0v) is 15.1. The van der Waals surface area contributed by atoms with Gasteiger partial charge in [0.25, 0.3) is 0 Å². The molecular weight excluding hydrogens is 260 g/mol. The van der Waals surface area contributed by atoms with Gasteiger partial charge < -0.3 is 10.6 Å². The Hall–Kier alpha value is -0.570. The van der Waals surface area contributed by atoms with Crippen molar-refractivity contribution >= 4 is 5.91 Å². The lowest BCUT2D eigenvalue weighted by molar-refractivity contribution is -0.121. The van der Waals surface area contributed by atoms with Crippen molar-refractivity contribution in [3.8, 4) is 0 Å². The maximum absolute atomic E-state index is 11.1. The van der Waals surface area contributed by atoms with Crippen molar-refractivity contribution in [2.75, 3.05) is 19.6 Å². The van der Waals surface area contributed by atoms with Crippen LogP contribution in [0.4, 0.5) is 0 Å². The second-order valence-corrected chi connectivity index (χ2v) is 5.49. The summed E-state index contributed by atoms with van der Waals surface area (Å²) in [6.45, 7) is 11.4. The summed E-state index contributed by atoms with van der Waals surface area (Å²) in [7, 11) is 0. The van der Waals surface area contributed by atoms with E-state index in [1.807, 2.05) is 6.92 Å². The van der Waals surface area contributed by atoms with Crippen molar-refractivity contribution in [2.24, 2.45) is 0 Å². The van der Waals surface area contributed by atoms with E-state index in [0.29, 0.717) is 6.42 Å². The van der Waals surface area contributed by atoms with Gasteiger partial charge in [-0.25, -0.2) is 0 Å². The highest BCUT2D eigenvalue weighted by Gasteiger charge is 1.98. The van der Waals surface area contributed by atoms with Crippen molar-refractivity contribution in [3.05, 3.63) is 0 Å². The summed E-state index contributed by atoms with van der Waals surface area (Å²) < 4.78 is 0. The average molecular weight is 301 g/mol. The molecule has 0 rings (SSSR count). The molecule has 3 nitrogen and oxygen atoms in total. The van der Waals surface area contributed by atoms with Crippen molar-refractivity contribution in [3.63, 3.8) is 0 Å². The minimum atomic E-state index is 0.213. The third-order valence-electron chi connectivity index (χ3n) is 3.38. The van der Waals surface area contributed by atoms with Gasteiger partial charge in [-0.3, -0.25) is 4.79 Å². The summed E-state index contributed by atoms with van der Waals surface area (Å²) >= 11 is 0. The van der Waals surface area contributed by atoms with Gasteiger partial charge in [0.15, 0.2) is 0 Å². The molecule has 0 spiro atoms. The fraction of sp³-hybridized carbons (Fsp3) is 0.944. The third-order valence-corrected chi connectivity index (χ3v) is 3.38. The number of rotatable bonds is 13. The van der Waals surface area contributed by atoms with E-state index in [0.717, 1.165) is 26.1 Å². The van der Waals surface area contributed by atoms with E-state index in [4.69, 9.17) is 0 Å². The van der Waals surface area contributed by atoms with E-state index in [9.17, 15) is 4.79 Å². The molecule has 0 heterocycles. The predicted octanol–water partition coefficient (Wildman–Crippen LogP) is 4.66. The normalized spacial score (nSPS) is 9.90. The van der Waals surface area contributed by atoms with E-state index in [-0.39, 0.29) is 5.91 Å². The maximum atomic E-state index is 11.1. The number of nitrogens with one attached hydrogen (secondary N) is 2. The molecule has 0 aromatic carbocycles.